The van der Waals surface area contributed by atoms with Crippen LogP contribution in [0.1, 0.15) is 62.3 Å². The Morgan fingerprint density at radius 1 is 1.17 bits per heavy atom. The topological polar surface area (TPSA) is 79.2 Å². The summed E-state index contributed by atoms with van der Waals surface area (Å²) in [4.78, 5) is 13.4. The molecule has 218 valence electrons. The standard InChI is InChI=1S/C34H38BNO6/c1-32(2)24-16-28(32)33(3)29(17-24)41-35(42-33)30(15-22-18-39-27-7-5-4-6-25(22)27)36-31(37)11-9-21-8-10-26-23(14-21)19-40-34(26)12-13-38-20-34/h4-11,14,18,24,28-30H,12-13,15-17,19-20H2,1-3H3,(H,36,37)/b11-9+/t24-,28-,29+,30-,33-,34?/m0/s1. The van der Waals surface area contributed by atoms with E-state index in [1.54, 1.807) is 12.3 Å². The Kier molecular flexibility index (Phi) is 6.07. The van der Waals surface area contributed by atoms with Crippen molar-refractivity contribution in [2.45, 2.75) is 76.3 Å². The number of carbonyl (C=O) groups excluding carboxylic acids is 1. The molecular formula is C34H38BNO6. The minimum absolute atomic E-state index is 0.0394. The molecule has 7 nitrogen and oxygen atoms in total. The molecule has 2 bridgehead atoms. The van der Waals surface area contributed by atoms with Gasteiger partial charge in [-0.2, -0.15) is 0 Å². The molecule has 1 amide bonds. The number of furan rings is 1. The Morgan fingerprint density at radius 3 is 2.88 bits per heavy atom. The number of benzene rings is 2. The van der Waals surface area contributed by atoms with Crippen LogP contribution in [0.25, 0.3) is 17.0 Å². The van der Waals surface area contributed by atoms with Gasteiger partial charge < -0.3 is 28.5 Å². The van der Waals surface area contributed by atoms with Crippen molar-refractivity contribution in [3.63, 3.8) is 0 Å². The second-order valence-electron chi connectivity index (χ2n) is 13.7. The fourth-order valence-corrected chi connectivity index (χ4v) is 8.56. The zero-order chi connectivity index (χ0) is 28.7. The van der Waals surface area contributed by atoms with Gasteiger partial charge in [-0.05, 0) is 83.9 Å². The summed E-state index contributed by atoms with van der Waals surface area (Å²) in [6.45, 7) is 8.84. The molecule has 3 saturated carbocycles. The summed E-state index contributed by atoms with van der Waals surface area (Å²) >= 11 is 0. The number of ether oxygens (including phenoxy) is 2. The second kappa shape index (κ2) is 9.55. The van der Waals surface area contributed by atoms with Crippen molar-refractivity contribution in [1.82, 2.24) is 5.32 Å². The molecule has 8 heteroatoms. The molecule has 3 aromatic rings. The number of hydrogen-bond acceptors (Lipinski definition) is 6. The first-order valence-electron chi connectivity index (χ1n) is 15.4. The summed E-state index contributed by atoms with van der Waals surface area (Å²) in [6.07, 6.45) is 8.91. The Bertz CT molecular complexity index is 1570. The van der Waals surface area contributed by atoms with Crippen LogP contribution in [-0.2, 0) is 42.2 Å². The van der Waals surface area contributed by atoms with Crippen molar-refractivity contribution in [2.75, 3.05) is 13.2 Å². The maximum Gasteiger partial charge on any atom is 0.482 e. The van der Waals surface area contributed by atoms with Gasteiger partial charge in [-0.1, -0.05) is 44.2 Å². The molecule has 3 aliphatic heterocycles. The second-order valence-corrected chi connectivity index (χ2v) is 13.7. The Labute approximate surface area is 247 Å². The van der Waals surface area contributed by atoms with E-state index in [-0.39, 0.29) is 34.6 Å². The molecule has 0 radical (unpaired) electrons. The number of hydrogen-bond donors (Lipinski definition) is 1. The van der Waals surface area contributed by atoms with Gasteiger partial charge in [-0.3, -0.25) is 4.79 Å². The number of fused-ring (bicyclic) bond motifs is 3. The molecular weight excluding hydrogens is 529 g/mol. The monoisotopic (exact) mass is 567 g/mol. The Balaban J connectivity index is 1.03. The number of carbonyl (C=O) groups is 1. The molecule has 1 spiro atoms. The van der Waals surface area contributed by atoms with Crippen molar-refractivity contribution in [2.24, 2.45) is 17.3 Å². The van der Waals surface area contributed by atoms with Crippen LogP contribution in [0.3, 0.4) is 0 Å². The van der Waals surface area contributed by atoms with E-state index in [4.69, 9.17) is 23.2 Å². The highest BCUT2D eigenvalue weighted by Crippen LogP contribution is 2.65. The van der Waals surface area contributed by atoms with Gasteiger partial charge in [0.05, 0.1) is 37.1 Å². The van der Waals surface area contributed by atoms with Crippen LogP contribution in [-0.4, -0.2) is 43.9 Å². The lowest BCUT2D eigenvalue weighted by molar-refractivity contribution is -0.199. The van der Waals surface area contributed by atoms with Crippen LogP contribution >= 0.6 is 0 Å². The molecule has 1 unspecified atom stereocenters. The van der Waals surface area contributed by atoms with Gasteiger partial charge in [-0.25, -0.2) is 0 Å². The van der Waals surface area contributed by atoms with Crippen molar-refractivity contribution >= 4 is 30.1 Å². The minimum atomic E-state index is -0.539. The van der Waals surface area contributed by atoms with E-state index in [0.29, 0.717) is 31.5 Å². The lowest BCUT2D eigenvalue weighted by Crippen LogP contribution is -2.65. The Morgan fingerprint density at radius 2 is 2.05 bits per heavy atom. The predicted molar refractivity (Wildman–Crippen MR) is 159 cm³/mol. The van der Waals surface area contributed by atoms with Gasteiger partial charge in [-0.15, -0.1) is 0 Å². The average molecular weight is 567 g/mol. The number of para-hydroxylation sites is 1. The van der Waals surface area contributed by atoms with E-state index >= 15 is 0 Å². The quantitative estimate of drug-likeness (QED) is 0.309. The molecule has 1 aromatic heterocycles. The van der Waals surface area contributed by atoms with Crippen LogP contribution in [0, 0.1) is 17.3 Å². The predicted octanol–water partition coefficient (Wildman–Crippen LogP) is 5.59. The van der Waals surface area contributed by atoms with E-state index in [1.807, 2.05) is 24.3 Å². The summed E-state index contributed by atoms with van der Waals surface area (Å²) in [5.41, 5.74) is 4.80. The van der Waals surface area contributed by atoms with Crippen LogP contribution in [0.5, 0.6) is 0 Å². The van der Waals surface area contributed by atoms with E-state index in [9.17, 15) is 4.79 Å². The zero-order valence-corrected chi connectivity index (χ0v) is 24.6. The van der Waals surface area contributed by atoms with Gasteiger partial charge in [0.1, 0.15) is 11.2 Å². The maximum atomic E-state index is 13.4. The summed E-state index contributed by atoms with van der Waals surface area (Å²) in [5.74, 6) is 0.553. The van der Waals surface area contributed by atoms with Gasteiger partial charge in [0.2, 0.25) is 5.91 Å². The van der Waals surface area contributed by atoms with Crippen LogP contribution < -0.4 is 5.32 Å². The average Bonchev–Trinajstić information content (AvgIpc) is 3.77. The summed E-state index contributed by atoms with van der Waals surface area (Å²) < 4.78 is 31.0. The largest absolute Gasteiger partial charge is 0.482 e. The normalized spacial score (nSPS) is 33.2. The Hall–Kier alpha value is -2.91. The van der Waals surface area contributed by atoms with Gasteiger partial charge in [0.25, 0.3) is 0 Å². The molecule has 1 N–H and O–H groups in total. The first-order valence-corrected chi connectivity index (χ1v) is 15.4. The van der Waals surface area contributed by atoms with Crippen LogP contribution in [0.2, 0.25) is 0 Å². The first-order chi connectivity index (χ1) is 20.2. The summed E-state index contributed by atoms with van der Waals surface area (Å²) in [5, 5.41) is 4.29. The molecule has 42 heavy (non-hydrogen) atoms. The third kappa shape index (κ3) is 4.06. The number of nitrogens with one attached hydrogen (secondary N) is 1. The minimum Gasteiger partial charge on any atom is -0.464 e. The molecule has 6 aliphatic rings. The summed E-state index contributed by atoms with van der Waals surface area (Å²) in [7, 11) is -0.539. The fraction of sp³-hybridized carbons (Fsp3) is 0.500. The highest BCUT2D eigenvalue weighted by Gasteiger charge is 2.68. The third-order valence-electron chi connectivity index (χ3n) is 11.2. The highest BCUT2D eigenvalue weighted by atomic mass is 16.7. The number of amides is 1. The molecule has 4 heterocycles. The number of rotatable bonds is 6. The van der Waals surface area contributed by atoms with Gasteiger partial charge in [0, 0.05) is 24.5 Å². The van der Waals surface area contributed by atoms with E-state index in [0.717, 1.165) is 47.1 Å². The van der Waals surface area contributed by atoms with E-state index in [1.165, 1.54) is 12.0 Å². The highest BCUT2D eigenvalue weighted by molar-refractivity contribution is 6.48. The smallest absolute Gasteiger partial charge is 0.464 e. The van der Waals surface area contributed by atoms with E-state index in [2.05, 4.69) is 50.4 Å². The van der Waals surface area contributed by atoms with Gasteiger partial charge in [0.15, 0.2) is 0 Å². The molecule has 3 aliphatic carbocycles. The molecule has 2 saturated heterocycles. The lowest BCUT2D eigenvalue weighted by atomic mass is 9.43. The molecule has 2 aromatic carbocycles. The van der Waals surface area contributed by atoms with Gasteiger partial charge >= 0.3 is 7.12 Å². The molecule has 9 rings (SSSR count). The van der Waals surface area contributed by atoms with E-state index < -0.39 is 7.12 Å². The van der Waals surface area contributed by atoms with Crippen molar-refractivity contribution < 1.29 is 28.0 Å². The van der Waals surface area contributed by atoms with Crippen LogP contribution in [0.15, 0.2) is 59.2 Å². The van der Waals surface area contributed by atoms with Crippen LogP contribution in [0.4, 0.5) is 0 Å². The lowest BCUT2D eigenvalue weighted by Gasteiger charge is -2.64. The van der Waals surface area contributed by atoms with Crippen molar-refractivity contribution in [3.05, 3.63) is 77.1 Å². The van der Waals surface area contributed by atoms with Crippen molar-refractivity contribution in [3.8, 4) is 0 Å². The maximum absolute atomic E-state index is 13.4. The zero-order valence-electron chi connectivity index (χ0n) is 24.6. The SMILES string of the molecule is CC1(C)[C@@H]2C[C@H]3OB([C@H](Cc4coc5ccccc45)NC(=O)/C=C/c4ccc5c(c4)COC54CCOC4)O[C@@]3(C)[C@H]1C2. The van der Waals surface area contributed by atoms with Crippen molar-refractivity contribution in [1.29, 1.82) is 0 Å². The molecule has 6 atom stereocenters. The summed E-state index contributed by atoms with van der Waals surface area (Å²) in [6, 6.07) is 14.3. The first kappa shape index (κ1) is 26.7. The fourth-order valence-electron chi connectivity index (χ4n) is 8.56. The third-order valence-corrected chi connectivity index (χ3v) is 11.2. The molecule has 5 fully saturated rings.